The van der Waals surface area contributed by atoms with E-state index in [0.29, 0.717) is 25.4 Å². The Morgan fingerprint density at radius 3 is 2.43 bits per heavy atom. The van der Waals surface area contributed by atoms with Crippen LogP contribution in [0.4, 0.5) is 0 Å². The van der Waals surface area contributed by atoms with Gasteiger partial charge in [0.25, 0.3) is 0 Å². The standard InChI is InChI=1S/C22H32N2O4/c1-2-28-22(27)19(13-17-9-5-3-6-10-17)15-23-21(26)16-24-20(25)14-18-11-7-4-8-12-18/h3,5-6,9-10,18-19H,2,4,7-8,11-16H2,1H3,(H,23,26)(H,24,25). The van der Waals surface area contributed by atoms with Gasteiger partial charge in [0, 0.05) is 13.0 Å². The Balaban J connectivity index is 1.74. The summed E-state index contributed by atoms with van der Waals surface area (Å²) < 4.78 is 5.13. The molecular formula is C22H32N2O4. The second-order valence-electron chi connectivity index (χ2n) is 7.43. The number of nitrogens with one attached hydrogen (secondary N) is 2. The summed E-state index contributed by atoms with van der Waals surface area (Å²) in [6.07, 6.45) is 6.82. The molecule has 0 heterocycles. The van der Waals surface area contributed by atoms with E-state index in [1.54, 1.807) is 6.92 Å². The van der Waals surface area contributed by atoms with Crippen molar-refractivity contribution in [3.8, 4) is 0 Å². The third-order valence-corrected chi connectivity index (χ3v) is 5.14. The molecule has 1 aliphatic rings. The van der Waals surface area contributed by atoms with Crippen molar-refractivity contribution in [3.05, 3.63) is 35.9 Å². The Labute approximate surface area is 167 Å². The van der Waals surface area contributed by atoms with Crippen molar-refractivity contribution in [2.75, 3.05) is 19.7 Å². The quantitative estimate of drug-likeness (QED) is 0.604. The molecule has 28 heavy (non-hydrogen) atoms. The second kappa shape index (κ2) is 12.2. The predicted molar refractivity (Wildman–Crippen MR) is 107 cm³/mol. The van der Waals surface area contributed by atoms with Crippen molar-refractivity contribution in [2.45, 2.75) is 51.9 Å². The first-order valence-electron chi connectivity index (χ1n) is 10.3. The van der Waals surface area contributed by atoms with Crippen LogP contribution in [0.5, 0.6) is 0 Å². The monoisotopic (exact) mass is 388 g/mol. The minimum atomic E-state index is -0.454. The van der Waals surface area contributed by atoms with Gasteiger partial charge in [0.15, 0.2) is 0 Å². The number of hydrogen-bond donors (Lipinski definition) is 2. The lowest BCUT2D eigenvalue weighted by molar-refractivity contribution is -0.148. The van der Waals surface area contributed by atoms with E-state index in [2.05, 4.69) is 10.6 Å². The van der Waals surface area contributed by atoms with Gasteiger partial charge in [0.05, 0.1) is 19.1 Å². The van der Waals surface area contributed by atoms with Gasteiger partial charge in [0.1, 0.15) is 0 Å². The molecule has 2 amide bonds. The average Bonchev–Trinajstić information content (AvgIpc) is 2.71. The molecule has 6 heteroatoms. The fourth-order valence-electron chi connectivity index (χ4n) is 3.60. The zero-order chi connectivity index (χ0) is 20.2. The molecule has 0 saturated heterocycles. The second-order valence-corrected chi connectivity index (χ2v) is 7.43. The summed E-state index contributed by atoms with van der Waals surface area (Å²) in [6, 6.07) is 9.63. The molecule has 2 N–H and O–H groups in total. The fourth-order valence-corrected chi connectivity index (χ4v) is 3.60. The first-order chi connectivity index (χ1) is 13.6. The number of esters is 1. The van der Waals surface area contributed by atoms with Crippen molar-refractivity contribution >= 4 is 17.8 Å². The van der Waals surface area contributed by atoms with Gasteiger partial charge >= 0.3 is 5.97 Å². The van der Waals surface area contributed by atoms with E-state index in [4.69, 9.17) is 4.74 Å². The molecular weight excluding hydrogens is 356 g/mol. The van der Waals surface area contributed by atoms with Crippen LogP contribution in [0.2, 0.25) is 0 Å². The van der Waals surface area contributed by atoms with Crippen molar-refractivity contribution < 1.29 is 19.1 Å². The van der Waals surface area contributed by atoms with E-state index in [-0.39, 0.29) is 30.9 Å². The normalized spacial score (nSPS) is 15.5. The van der Waals surface area contributed by atoms with Crippen LogP contribution in [0.3, 0.4) is 0 Å². The Kier molecular flexibility index (Phi) is 9.52. The highest BCUT2D eigenvalue weighted by molar-refractivity contribution is 5.85. The molecule has 0 spiro atoms. The van der Waals surface area contributed by atoms with Crippen LogP contribution in [-0.2, 0) is 25.5 Å². The predicted octanol–water partition coefficient (Wildman–Crippen LogP) is 2.61. The van der Waals surface area contributed by atoms with Gasteiger partial charge in [-0.1, -0.05) is 49.6 Å². The van der Waals surface area contributed by atoms with E-state index in [0.717, 1.165) is 18.4 Å². The molecule has 1 aliphatic carbocycles. The van der Waals surface area contributed by atoms with Crippen molar-refractivity contribution in [3.63, 3.8) is 0 Å². The van der Waals surface area contributed by atoms with Gasteiger partial charge in [0.2, 0.25) is 11.8 Å². The molecule has 0 aromatic heterocycles. The highest BCUT2D eigenvalue weighted by Crippen LogP contribution is 2.25. The van der Waals surface area contributed by atoms with Gasteiger partial charge < -0.3 is 15.4 Å². The van der Waals surface area contributed by atoms with Crippen LogP contribution >= 0.6 is 0 Å². The van der Waals surface area contributed by atoms with Gasteiger partial charge in [-0.3, -0.25) is 14.4 Å². The summed E-state index contributed by atoms with van der Waals surface area (Å²) in [5, 5.41) is 5.44. The first-order valence-corrected chi connectivity index (χ1v) is 10.3. The maximum absolute atomic E-state index is 12.2. The lowest BCUT2D eigenvalue weighted by Gasteiger charge is -2.20. The van der Waals surface area contributed by atoms with Crippen LogP contribution in [0.25, 0.3) is 0 Å². The minimum absolute atomic E-state index is 0.0631. The molecule has 2 rings (SSSR count). The van der Waals surface area contributed by atoms with E-state index in [1.807, 2.05) is 30.3 Å². The SMILES string of the molecule is CCOC(=O)C(CNC(=O)CNC(=O)CC1CCCCC1)Cc1ccccc1. The number of ether oxygens (including phenoxy) is 1. The maximum atomic E-state index is 12.2. The Bertz CT molecular complexity index is 627. The first kappa shape index (κ1) is 21.9. The zero-order valence-corrected chi connectivity index (χ0v) is 16.7. The van der Waals surface area contributed by atoms with Crippen molar-refractivity contribution in [1.29, 1.82) is 0 Å². The fraction of sp³-hybridized carbons (Fsp3) is 0.591. The molecule has 0 bridgehead atoms. The summed E-state index contributed by atoms with van der Waals surface area (Å²) in [7, 11) is 0. The largest absolute Gasteiger partial charge is 0.466 e. The van der Waals surface area contributed by atoms with Gasteiger partial charge in [-0.05, 0) is 37.7 Å². The number of amides is 2. The highest BCUT2D eigenvalue weighted by atomic mass is 16.5. The summed E-state index contributed by atoms with van der Waals surface area (Å²) in [5.41, 5.74) is 1.01. The van der Waals surface area contributed by atoms with E-state index >= 15 is 0 Å². The molecule has 1 unspecified atom stereocenters. The lowest BCUT2D eigenvalue weighted by Crippen LogP contribution is -2.41. The van der Waals surface area contributed by atoms with Crippen LogP contribution < -0.4 is 10.6 Å². The zero-order valence-electron chi connectivity index (χ0n) is 16.7. The van der Waals surface area contributed by atoms with Gasteiger partial charge in [-0.15, -0.1) is 0 Å². The molecule has 1 fully saturated rings. The molecule has 1 aromatic rings. The summed E-state index contributed by atoms with van der Waals surface area (Å²) in [4.78, 5) is 36.3. The van der Waals surface area contributed by atoms with Crippen LogP contribution in [0.1, 0.15) is 51.0 Å². The van der Waals surface area contributed by atoms with Crippen LogP contribution in [0, 0.1) is 11.8 Å². The maximum Gasteiger partial charge on any atom is 0.311 e. The Morgan fingerprint density at radius 1 is 1.04 bits per heavy atom. The van der Waals surface area contributed by atoms with Crippen molar-refractivity contribution in [1.82, 2.24) is 10.6 Å². The number of hydrogen-bond acceptors (Lipinski definition) is 4. The summed E-state index contributed by atoms with van der Waals surface area (Å²) in [6.45, 7) is 2.19. The Morgan fingerprint density at radius 2 is 1.75 bits per heavy atom. The number of carbonyl (C=O) groups excluding carboxylic acids is 3. The molecule has 1 aromatic carbocycles. The van der Waals surface area contributed by atoms with E-state index in [9.17, 15) is 14.4 Å². The Hall–Kier alpha value is -2.37. The molecule has 154 valence electrons. The molecule has 0 radical (unpaired) electrons. The smallest absolute Gasteiger partial charge is 0.311 e. The third-order valence-electron chi connectivity index (χ3n) is 5.14. The van der Waals surface area contributed by atoms with Gasteiger partial charge in [-0.2, -0.15) is 0 Å². The summed E-state index contributed by atoms with van der Waals surface area (Å²) in [5.74, 6) is -0.708. The van der Waals surface area contributed by atoms with Crippen LogP contribution in [0.15, 0.2) is 30.3 Å². The van der Waals surface area contributed by atoms with E-state index < -0.39 is 5.92 Å². The third kappa shape index (κ3) is 8.11. The van der Waals surface area contributed by atoms with Crippen LogP contribution in [-0.4, -0.2) is 37.5 Å². The topological polar surface area (TPSA) is 84.5 Å². The van der Waals surface area contributed by atoms with E-state index in [1.165, 1.54) is 19.3 Å². The number of rotatable bonds is 10. The average molecular weight is 389 g/mol. The lowest BCUT2D eigenvalue weighted by atomic mass is 9.87. The summed E-state index contributed by atoms with van der Waals surface area (Å²) >= 11 is 0. The molecule has 6 nitrogen and oxygen atoms in total. The molecule has 1 saturated carbocycles. The van der Waals surface area contributed by atoms with Crippen molar-refractivity contribution in [2.24, 2.45) is 11.8 Å². The minimum Gasteiger partial charge on any atom is -0.466 e. The molecule has 0 aliphatic heterocycles. The number of carbonyl (C=O) groups is 3. The van der Waals surface area contributed by atoms with Gasteiger partial charge in [-0.25, -0.2) is 0 Å². The highest BCUT2D eigenvalue weighted by Gasteiger charge is 2.22. The molecule has 1 atom stereocenters. The number of benzene rings is 1.